The van der Waals surface area contributed by atoms with Crippen molar-refractivity contribution in [2.45, 2.75) is 19.9 Å². The SMILES string of the molecule is CC(=O)c1c[nH]c(=O)n(CC2CCS(=O)(=O)C2)c1=O. The van der Waals surface area contributed by atoms with Gasteiger partial charge in [0.25, 0.3) is 5.56 Å². The van der Waals surface area contributed by atoms with Gasteiger partial charge in [0.2, 0.25) is 0 Å². The molecule has 2 rings (SSSR count). The normalized spacial score (nSPS) is 21.4. The summed E-state index contributed by atoms with van der Waals surface area (Å²) >= 11 is 0. The second-order valence-electron chi connectivity index (χ2n) is 4.75. The molecule has 0 radical (unpaired) electrons. The first kappa shape index (κ1) is 13.7. The zero-order valence-corrected chi connectivity index (χ0v) is 11.2. The molecule has 1 aliphatic rings. The van der Waals surface area contributed by atoms with Gasteiger partial charge in [0.1, 0.15) is 0 Å². The summed E-state index contributed by atoms with van der Waals surface area (Å²) in [5.41, 5.74) is -1.39. The highest BCUT2D eigenvalue weighted by Crippen LogP contribution is 2.19. The molecule has 0 spiro atoms. The number of rotatable bonds is 3. The zero-order chi connectivity index (χ0) is 14.2. The number of hydrogen-bond donors (Lipinski definition) is 1. The zero-order valence-electron chi connectivity index (χ0n) is 10.4. The number of ketones is 1. The van der Waals surface area contributed by atoms with Gasteiger partial charge in [-0.25, -0.2) is 13.2 Å². The molecule has 1 aliphatic heterocycles. The van der Waals surface area contributed by atoms with E-state index in [1.54, 1.807) is 0 Å². The first-order valence-corrected chi connectivity index (χ1v) is 7.66. The molecule has 8 heteroatoms. The van der Waals surface area contributed by atoms with E-state index < -0.39 is 26.9 Å². The van der Waals surface area contributed by atoms with E-state index in [0.29, 0.717) is 6.42 Å². The molecule has 0 amide bonds. The van der Waals surface area contributed by atoms with E-state index in [0.717, 1.165) is 10.8 Å². The molecular weight excluding hydrogens is 272 g/mol. The highest BCUT2D eigenvalue weighted by Gasteiger charge is 2.29. The Labute approximate surface area is 109 Å². The van der Waals surface area contributed by atoms with E-state index in [4.69, 9.17) is 0 Å². The van der Waals surface area contributed by atoms with Gasteiger partial charge in [0.15, 0.2) is 15.6 Å². The smallest absolute Gasteiger partial charge is 0.313 e. The highest BCUT2D eigenvalue weighted by atomic mass is 32.2. The van der Waals surface area contributed by atoms with Crippen LogP contribution in [0.2, 0.25) is 0 Å². The fraction of sp³-hybridized carbons (Fsp3) is 0.545. The number of nitrogens with one attached hydrogen (secondary N) is 1. The molecular formula is C11H14N2O5S. The van der Waals surface area contributed by atoms with Gasteiger partial charge < -0.3 is 4.98 Å². The average molecular weight is 286 g/mol. The third-order valence-electron chi connectivity index (χ3n) is 3.21. The topological polar surface area (TPSA) is 106 Å². The maximum Gasteiger partial charge on any atom is 0.328 e. The van der Waals surface area contributed by atoms with Crippen molar-refractivity contribution in [3.8, 4) is 0 Å². The third-order valence-corrected chi connectivity index (χ3v) is 5.04. The summed E-state index contributed by atoms with van der Waals surface area (Å²) in [6.07, 6.45) is 1.52. The summed E-state index contributed by atoms with van der Waals surface area (Å²) in [7, 11) is -3.06. The molecule has 1 aromatic rings. The second-order valence-corrected chi connectivity index (χ2v) is 6.98. The lowest BCUT2D eigenvalue weighted by Crippen LogP contribution is -2.39. The Morgan fingerprint density at radius 2 is 2.16 bits per heavy atom. The molecule has 1 unspecified atom stereocenters. The van der Waals surface area contributed by atoms with Crippen molar-refractivity contribution < 1.29 is 13.2 Å². The van der Waals surface area contributed by atoms with Crippen molar-refractivity contribution in [1.29, 1.82) is 0 Å². The number of carbonyl (C=O) groups excluding carboxylic acids is 1. The van der Waals surface area contributed by atoms with Crippen molar-refractivity contribution in [1.82, 2.24) is 9.55 Å². The van der Waals surface area contributed by atoms with Crippen molar-refractivity contribution in [3.05, 3.63) is 32.6 Å². The summed E-state index contributed by atoms with van der Waals surface area (Å²) in [4.78, 5) is 37.1. The quantitative estimate of drug-likeness (QED) is 0.730. The van der Waals surface area contributed by atoms with Gasteiger partial charge in [-0.05, 0) is 19.3 Å². The van der Waals surface area contributed by atoms with Gasteiger partial charge in [-0.3, -0.25) is 14.2 Å². The first-order valence-electron chi connectivity index (χ1n) is 5.84. The van der Waals surface area contributed by atoms with Crippen molar-refractivity contribution in [2.75, 3.05) is 11.5 Å². The predicted molar refractivity (Wildman–Crippen MR) is 68.1 cm³/mol. The molecule has 0 saturated carbocycles. The van der Waals surface area contributed by atoms with Gasteiger partial charge in [-0.1, -0.05) is 0 Å². The Hall–Kier alpha value is -1.70. The fourth-order valence-electron chi connectivity index (χ4n) is 2.20. The maximum absolute atomic E-state index is 12.0. The molecule has 7 nitrogen and oxygen atoms in total. The largest absolute Gasteiger partial charge is 0.328 e. The minimum Gasteiger partial charge on any atom is -0.313 e. The molecule has 104 valence electrons. The summed E-state index contributed by atoms with van der Waals surface area (Å²) < 4.78 is 23.6. The van der Waals surface area contributed by atoms with Crippen LogP contribution in [0.5, 0.6) is 0 Å². The van der Waals surface area contributed by atoms with E-state index in [-0.39, 0.29) is 29.5 Å². The van der Waals surface area contributed by atoms with Gasteiger partial charge >= 0.3 is 5.69 Å². The van der Waals surface area contributed by atoms with Gasteiger partial charge in [0, 0.05) is 12.7 Å². The average Bonchev–Trinajstić information content (AvgIpc) is 2.63. The van der Waals surface area contributed by atoms with Crippen LogP contribution in [-0.4, -0.2) is 35.3 Å². The molecule has 1 N–H and O–H groups in total. The lowest BCUT2D eigenvalue weighted by molar-refractivity contribution is 0.101. The number of aromatic nitrogens is 2. The Morgan fingerprint density at radius 3 is 2.68 bits per heavy atom. The molecule has 2 heterocycles. The van der Waals surface area contributed by atoms with Crippen LogP contribution in [0.4, 0.5) is 0 Å². The van der Waals surface area contributed by atoms with Crippen molar-refractivity contribution in [2.24, 2.45) is 5.92 Å². The summed E-state index contributed by atoms with van der Waals surface area (Å²) in [6.45, 7) is 1.26. The number of sulfone groups is 1. The van der Waals surface area contributed by atoms with Gasteiger partial charge in [0.05, 0.1) is 17.1 Å². The second kappa shape index (κ2) is 4.76. The van der Waals surface area contributed by atoms with E-state index in [1.165, 1.54) is 6.92 Å². The van der Waals surface area contributed by atoms with E-state index in [1.807, 2.05) is 0 Å². The van der Waals surface area contributed by atoms with Crippen LogP contribution in [0.15, 0.2) is 15.8 Å². The number of aromatic amines is 1. The highest BCUT2D eigenvalue weighted by molar-refractivity contribution is 7.91. The molecule has 0 bridgehead atoms. The predicted octanol–water partition coefficient (Wildman–Crippen LogP) is -0.826. The number of hydrogen-bond acceptors (Lipinski definition) is 5. The Bertz CT molecular complexity index is 728. The van der Waals surface area contributed by atoms with Crippen molar-refractivity contribution >= 4 is 15.6 Å². The molecule has 1 atom stereocenters. The van der Waals surface area contributed by atoms with Gasteiger partial charge in [-0.2, -0.15) is 0 Å². The Morgan fingerprint density at radius 1 is 1.47 bits per heavy atom. The number of carbonyl (C=O) groups is 1. The molecule has 1 fully saturated rings. The summed E-state index contributed by atoms with van der Waals surface area (Å²) in [6, 6.07) is 0. The first-order chi connectivity index (χ1) is 8.80. The van der Waals surface area contributed by atoms with E-state index >= 15 is 0 Å². The van der Waals surface area contributed by atoms with Crippen LogP contribution in [-0.2, 0) is 16.4 Å². The van der Waals surface area contributed by atoms with Crippen LogP contribution < -0.4 is 11.2 Å². The Balaban J connectivity index is 2.36. The van der Waals surface area contributed by atoms with E-state index in [2.05, 4.69) is 4.98 Å². The molecule has 0 aliphatic carbocycles. The van der Waals surface area contributed by atoms with Crippen LogP contribution >= 0.6 is 0 Å². The number of H-pyrrole nitrogens is 1. The lowest BCUT2D eigenvalue weighted by atomic mass is 10.1. The molecule has 1 aromatic heterocycles. The fourth-order valence-corrected chi connectivity index (χ4v) is 4.05. The molecule has 19 heavy (non-hydrogen) atoms. The number of nitrogens with zero attached hydrogens (tertiary/aromatic N) is 1. The third kappa shape index (κ3) is 2.83. The summed E-state index contributed by atoms with van der Waals surface area (Å²) in [5.74, 6) is -0.639. The lowest BCUT2D eigenvalue weighted by Gasteiger charge is -2.10. The van der Waals surface area contributed by atoms with Crippen LogP contribution in [0.3, 0.4) is 0 Å². The number of Topliss-reactive ketones (excluding diaryl/α,β-unsaturated/α-hetero) is 1. The minimum atomic E-state index is -3.06. The summed E-state index contributed by atoms with van der Waals surface area (Å²) in [5, 5.41) is 0. The molecule has 0 aromatic carbocycles. The van der Waals surface area contributed by atoms with Crippen LogP contribution in [0.1, 0.15) is 23.7 Å². The standard InChI is InChI=1S/C11H14N2O5S/c1-7(14)9-4-12-11(16)13(10(9)15)5-8-2-3-19(17,18)6-8/h4,8H,2-3,5-6H2,1H3,(H,12,16). The van der Waals surface area contributed by atoms with Crippen molar-refractivity contribution in [3.63, 3.8) is 0 Å². The minimum absolute atomic E-state index is 0.0223. The van der Waals surface area contributed by atoms with Gasteiger partial charge in [-0.15, -0.1) is 0 Å². The van der Waals surface area contributed by atoms with Crippen LogP contribution in [0, 0.1) is 5.92 Å². The Kier molecular flexibility index (Phi) is 3.44. The maximum atomic E-state index is 12.0. The molecule has 1 saturated heterocycles. The van der Waals surface area contributed by atoms with E-state index in [9.17, 15) is 22.8 Å². The monoisotopic (exact) mass is 286 g/mol. The van der Waals surface area contributed by atoms with Crippen LogP contribution in [0.25, 0.3) is 0 Å².